The van der Waals surface area contributed by atoms with Crippen LogP contribution in [0.5, 0.6) is 0 Å². The molecular formula is C25H24N4. The Balaban J connectivity index is 1.62. The average molecular weight is 380 g/mol. The molecule has 0 atom stereocenters. The van der Waals surface area contributed by atoms with Gasteiger partial charge in [-0.05, 0) is 45.0 Å². The third-order valence-electron chi connectivity index (χ3n) is 4.71. The zero-order valence-electron chi connectivity index (χ0n) is 16.9. The molecule has 2 N–H and O–H groups in total. The first-order valence-electron chi connectivity index (χ1n) is 9.69. The second kappa shape index (κ2) is 8.15. The van der Waals surface area contributed by atoms with E-state index in [4.69, 9.17) is 0 Å². The first-order chi connectivity index (χ1) is 14.1. The normalized spacial score (nSPS) is 10.6. The number of benzene rings is 3. The molecule has 0 radical (unpaired) electrons. The van der Waals surface area contributed by atoms with Crippen molar-refractivity contribution >= 4 is 22.9 Å². The lowest BCUT2D eigenvalue weighted by atomic mass is 10.1. The largest absolute Gasteiger partial charge is 0.354 e. The number of para-hydroxylation sites is 2. The molecule has 4 rings (SSSR count). The van der Waals surface area contributed by atoms with Gasteiger partial charge in [0.2, 0.25) is 0 Å². The predicted molar refractivity (Wildman–Crippen MR) is 121 cm³/mol. The third kappa shape index (κ3) is 4.61. The standard InChI is InChI=1S/C25H24N4/c1-17-8-12-20(13-9-17)24-16-25(27-19(3)26-24)29-23-7-5-4-6-22(23)28-21-14-10-18(2)11-15-21/h4-16,28H,1-3H3,(H,26,27,29). The van der Waals surface area contributed by atoms with Crippen LogP contribution in [-0.4, -0.2) is 9.97 Å². The summed E-state index contributed by atoms with van der Waals surface area (Å²) in [4.78, 5) is 9.19. The number of aromatic nitrogens is 2. The number of hydrogen-bond donors (Lipinski definition) is 2. The van der Waals surface area contributed by atoms with Gasteiger partial charge in [0.25, 0.3) is 0 Å². The van der Waals surface area contributed by atoms with Crippen molar-refractivity contribution in [3.63, 3.8) is 0 Å². The molecular weight excluding hydrogens is 356 g/mol. The lowest BCUT2D eigenvalue weighted by molar-refractivity contribution is 1.06. The van der Waals surface area contributed by atoms with Gasteiger partial charge in [0, 0.05) is 17.3 Å². The van der Waals surface area contributed by atoms with E-state index in [1.54, 1.807) is 0 Å². The number of aryl methyl sites for hydroxylation is 3. The maximum Gasteiger partial charge on any atom is 0.134 e. The van der Waals surface area contributed by atoms with Gasteiger partial charge in [-0.1, -0.05) is 59.7 Å². The summed E-state index contributed by atoms with van der Waals surface area (Å²) in [6.07, 6.45) is 0. The SMILES string of the molecule is Cc1ccc(Nc2ccccc2Nc2cc(-c3ccc(C)cc3)nc(C)n2)cc1. The van der Waals surface area contributed by atoms with Gasteiger partial charge in [-0.25, -0.2) is 9.97 Å². The van der Waals surface area contributed by atoms with Crippen LogP contribution in [0.2, 0.25) is 0 Å². The van der Waals surface area contributed by atoms with Crippen LogP contribution >= 0.6 is 0 Å². The monoisotopic (exact) mass is 380 g/mol. The van der Waals surface area contributed by atoms with E-state index < -0.39 is 0 Å². The Bertz CT molecular complexity index is 1120. The minimum Gasteiger partial charge on any atom is -0.354 e. The molecule has 1 heterocycles. The van der Waals surface area contributed by atoms with Crippen LogP contribution in [-0.2, 0) is 0 Å². The molecule has 1 aromatic heterocycles. The highest BCUT2D eigenvalue weighted by molar-refractivity contribution is 5.78. The second-order valence-corrected chi connectivity index (χ2v) is 7.21. The Hall–Kier alpha value is -3.66. The number of rotatable bonds is 5. The van der Waals surface area contributed by atoms with Crippen molar-refractivity contribution in [3.05, 3.63) is 95.8 Å². The zero-order valence-corrected chi connectivity index (χ0v) is 16.9. The van der Waals surface area contributed by atoms with Crippen LogP contribution in [0.25, 0.3) is 11.3 Å². The van der Waals surface area contributed by atoms with E-state index >= 15 is 0 Å². The minimum absolute atomic E-state index is 0.731. The fourth-order valence-electron chi connectivity index (χ4n) is 3.14. The van der Waals surface area contributed by atoms with Crippen molar-refractivity contribution in [2.24, 2.45) is 0 Å². The van der Waals surface area contributed by atoms with E-state index in [2.05, 4.69) is 89.0 Å². The number of nitrogens with zero attached hydrogens (tertiary/aromatic N) is 2. The molecule has 0 bridgehead atoms. The molecule has 4 heteroatoms. The molecule has 0 aliphatic heterocycles. The molecule has 0 fully saturated rings. The maximum absolute atomic E-state index is 4.61. The van der Waals surface area contributed by atoms with Crippen molar-refractivity contribution < 1.29 is 0 Å². The molecule has 0 aliphatic carbocycles. The molecule has 0 unspecified atom stereocenters. The van der Waals surface area contributed by atoms with Crippen molar-refractivity contribution in [1.29, 1.82) is 0 Å². The molecule has 3 aromatic carbocycles. The first-order valence-corrected chi connectivity index (χ1v) is 9.69. The molecule has 0 saturated carbocycles. The molecule has 29 heavy (non-hydrogen) atoms. The Morgan fingerprint density at radius 3 is 1.86 bits per heavy atom. The quantitative estimate of drug-likeness (QED) is 0.412. The Morgan fingerprint density at radius 2 is 1.21 bits per heavy atom. The highest BCUT2D eigenvalue weighted by Gasteiger charge is 2.08. The first kappa shape index (κ1) is 18.7. The van der Waals surface area contributed by atoms with Gasteiger partial charge in [0.1, 0.15) is 11.6 Å². The Morgan fingerprint density at radius 1 is 0.621 bits per heavy atom. The predicted octanol–water partition coefficient (Wildman–Crippen LogP) is 6.56. The van der Waals surface area contributed by atoms with Crippen LogP contribution < -0.4 is 10.6 Å². The van der Waals surface area contributed by atoms with Gasteiger partial charge in [-0.2, -0.15) is 0 Å². The van der Waals surface area contributed by atoms with Crippen LogP contribution in [0.15, 0.2) is 78.9 Å². The Labute approximate surface area is 171 Å². The van der Waals surface area contributed by atoms with Gasteiger partial charge in [0.15, 0.2) is 0 Å². The van der Waals surface area contributed by atoms with E-state index in [1.165, 1.54) is 11.1 Å². The highest BCUT2D eigenvalue weighted by atomic mass is 15.1. The summed E-state index contributed by atoms with van der Waals surface area (Å²) in [5.41, 5.74) is 7.45. The fourth-order valence-corrected chi connectivity index (χ4v) is 3.14. The van der Waals surface area contributed by atoms with Crippen molar-refractivity contribution in [2.45, 2.75) is 20.8 Å². The topological polar surface area (TPSA) is 49.8 Å². The molecule has 4 aromatic rings. The smallest absolute Gasteiger partial charge is 0.134 e. The van der Waals surface area contributed by atoms with Crippen molar-refractivity contribution in [3.8, 4) is 11.3 Å². The summed E-state index contributed by atoms with van der Waals surface area (Å²) < 4.78 is 0. The number of hydrogen-bond acceptors (Lipinski definition) is 4. The van der Waals surface area contributed by atoms with Crippen LogP contribution in [0, 0.1) is 20.8 Å². The number of anilines is 4. The lowest BCUT2D eigenvalue weighted by Crippen LogP contribution is -2.01. The second-order valence-electron chi connectivity index (χ2n) is 7.21. The summed E-state index contributed by atoms with van der Waals surface area (Å²) in [7, 11) is 0. The van der Waals surface area contributed by atoms with E-state index in [-0.39, 0.29) is 0 Å². The van der Waals surface area contributed by atoms with E-state index in [1.807, 2.05) is 31.2 Å². The van der Waals surface area contributed by atoms with Crippen LogP contribution in [0.1, 0.15) is 17.0 Å². The molecule has 4 nitrogen and oxygen atoms in total. The molecule has 0 spiro atoms. The van der Waals surface area contributed by atoms with Gasteiger partial charge in [0.05, 0.1) is 17.1 Å². The van der Waals surface area contributed by atoms with Crippen LogP contribution in [0.4, 0.5) is 22.9 Å². The Kier molecular flexibility index (Phi) is 5.25. The summed E-state index contributed by atoms with van der Waals surface area (Å²) in [6.45, 7) is 6.08. The van der Waals surface area contributed by atoms with Crippen molar-refractivity contribution in [1.82, 2.24) is 9.97 Å². The minimum atomic E-state index is 0.731. The van der Waals surface area contributed by atoms with Crippen molar-refractivity contribution in [2.75, 3.05) is 10.6 Å². The molecule has 0 amide bonds. The van der Waals surface area contributed by atoms with Gasteiger partial charge in [-0.3, -0.25) is 0 Å². The van der Waals surface area contributed by atoms with Gasteiger partial charge >= 0.3 is 0 Å². The van der Waals surface area contributed by atoms with Crippen LogP contribution in [0.3, 0.4) is 0 Å². The highest BCUT2D eigenvalue weighted by Crippen LogP contribution is 2.29. The number of nitrogens with one attached hydrogen (secondary N) is 2. The maximum atomic E-state index is 4.61. The van der Waals surface area contributed by atoms with E-state index in [9.17, 15) is 0 Å². The zero-order chi connectivity index (χ0) is 20.2. The van der Waals surface area contributed by atoms with Gasteiger partial charge in [-0.15, -0.1) is 0 Å². The molecule has 0 saturated heterocycles. The lowest BCUT2D eigenvalue weighted by Gasteiger charge is -2.14. The fraction of sp³-hybridized carbons (Fsp3) is 0.120. The van der Waals surface area contributed by atoms with E-state index in [0.29, 0.717) is 0 Å². The summed E-state index contributed by atoms with van der Waals surface area (Å²) in [6, 6.07) is 26.8. The van der Waals surface area contributed by atoms with E-state index in [0.717, 1.165) is 40.0 Å². The third-order valence-corrected chi connectivity index (χ3v) is 4.71. The average Bonchev–Trinajstić information content (AvgIpc) is 2.71. The van der Waals surface area contributed by atoms with Gasteiger partial charge < -0.3 is 10.6 Å². The molecule has 144 valence electrons. The summed E-state index contributed by atoms with van der Waals surface area (Å²) in [5.74, 6) is 1.50. The summed E-state index contributed by atoms with van der Waals surface area (Å²) >= 11 is 0. The summed E-state index contributed by atoms with van der Waals surface area (Å²) in [5, 5.41) is 6.93. The molecule has 0 aliphatic rings.